The molecule has 5 rings (SSSR count). The van der Waals surface area contributed by atoms with Crippen molar-refractivity contribution in [3.8, 4) is 0 Å². The predicted octanol–water partition coefficient (Wildman–Crippen LogP) is 6.46. The van der Waals surface area contributed by atoms with Crippen LogP contribution in [0.2, 0.25) is 0 Å². The average molecular weight is 587 g/mol. The maximum absolute atomic E-state index is 13.5. The number of aliphatic hydroxyl groups is 1. The maximum Gasteiger partial charge on any atom is 0.187 e. The minimum Gasteiger partial charge on any atom is -0.510 e. The molecule has 1 aliphatic carbocycles. The molecule has 5 nitrogen and oxygen atoms in total. The van der Waals surface area contributed by atoms with Crippen LogP contribution in [0.15, 0.2) is 78.8 Å². The lowest BCUT2D eigenvalue weighted by Gasteiger charge is -2.26. The summed E-state index contributed by atoms with van der Waals surface area (Å²) in [5.74, 6) is -0.188. The van der Waals surface area contributed by atoms with Crippen molar-refractivity contribution < 1.29 is 9.90 Å². The summed E-state index contributed by atoms with van der Waals surface area (Å²) in [5.41, 5.74) is 11.8. The van der Waals surface area contributed by atoms with Crippen LogP contribution in [0.4, 0.5) is 0 Å². The van der Waals surface area contributed by atoms with Crippen LogP contribution in [0.3, 0.4) is 0 Å². The highest BCUT2D eigenvalue weighted by molar-refractivity contribution is 9.10. The number of nitrogens with one attached hydrogen (secondary N) is 1. The molecular weight excluding hydrogens is 550 g/mol. The van der Waals surface area contributed by atoms with Crippen molar-refractivity contribution in [3.05, 3.63) is 90.6 Å². The van der Waals surface area contributed by atoms with Gasteiger partial charge in [0.05, 0.1) is 22.8 Å². The van der Waals surface area contributed by atoms with Gasteiger partial charge in [0.15, 0.2) is 5.78 Å². The van der Waals surface area contributed by atoms with Gasteiger partial charge < -0.3 is 10.1 Å². The van der Waals surface area contributed by atoms with E-state index in [0.717, 1.165) is 75.9 Å². The number of aliphatic imine (C=N–C) groups is 2. The van der Waals surface area contributed by atoms with Crippen LogP contribution >= 0.6 is 15.9 Å². The van der Waals surface area contributed by atoms with Crippen LogP contribution in [0.5, 0.6) is 0 Å². The number of fused-ring (bicyclic) bond motifs is 5. The molecule has 0 aromatic carbocycles. The number of aromatic nitrogens is 1. The summed E-state index contributed by atoms with van der Waals surface area (Å²) in [4.78, 5) is 27.3. The van der Waals surface area contributed by atoms with E-state index in [1.807, 2.05) is 12.2 Å². The van der Waals surface area contributed by atoms with Crippen molar-refractivity contribution in [2.45, 2.75) is 78.5 Å². The van der Waals surface area contributed by atoms with Crippen LogP contribution in [0.25, 0.3) is 12.2 Å². The molecule has 0 spiro atoms. The van der Waals surface area contributed by atoms with Gasteiger partial charge in [0.25, 0.3) is 0 Å². The van der Waals surface area contributed by atoms with E-state index in [-0.39, 0.29) is 11.5 Å². The topological polar surface area (TPSA) is 77.8 Å². The summed E-state index contributed by atoms with van der Waals surface area (Å²) in [6, 6.07) is 0. The first-order chi connectivity index (χ1) is 18.5. The van der Waals surface area contributed by atoms with Gasteiger partial charge in [0, 0.05) is 21.8 Å². The van der Waals surface area contributed by atoms with Gasteiger partial charge >= 0.3 is 0 Å². The van der Waals surface area contributed by atoms with E-state index < -0.39 is 4.32 Å². The van der Waals surface area contributed by atoms with Crippen molar-refractivity contribution in [1.29, 1.82) is 0 Å². The number of H-pyrrole nitrogens is 1. The third-order valence-corrected chi connectivity index (χ3v) is 9.08. The Kier molecular flexibility index (Phi) is 7.04. The number of carbonyl (C=O) groups excluding carboxylic acids is 1. The Bertz CT molecular complexity index is 1690. The highest BCUT2D eigenvalue weighted by atomic mass is 79.9. The smallest absolute Gasteiger partial charge is 0.187 e. The molecule has 0 amide bonds. The molecule has 0 fully saturated rings. The third-order valence-electron chi connectivity index (χ3n) is 8.34. The first kappa shape index (κ1) is 27.3. The van der Waals surface area contributed by atoms with Gasteiger partial charge in [-0.2, -0.15) is 0 Å². The monoisotopic (exact) mass is 585 g/mol. The molecule has 1 unspecified atom stereocenters. The van der Waals surface area contributed by atoms with E-state index in [9.17, 15) is 9.90 Å². The second kappa shape index (κ2) is 10.1. The first-order valence-electron chi connectivity index (χ1n) is 13.9. The Morgan fingerprint density at radius 2 is 1.46 bits per heavy atom. The number of halogens is 1. The molecule has 4 aliphatic rings. The van der Waals surface area contributed by atoms with Crippen molar-refractivity contribution in [2.75, 3.05) is 0 Å². The number of aromatic amines is 1. The van der Waals surface area contributed by atoms with E-state index in [4.69, 9.17) is 9.98 Å². The van der Waals surface area contributed by atoms with E-state index in [2.05, 4.69) is 74.6 Å². The summed E-state index contributed by atoms with van der Waals surface area (Å²) < 4.78 is -1.23. The van der Waals surface area contributed by atoms with E-state index in [0.29, 0.717) is 11.1 Å². The van der Waals surface area contributed by atoms with Gasteiger partial charge in [-0.3, -0.25) is 4.79 Å². The van der Waals surface area contributed by atoms with Crippen molar-refractivity contribution in [1.82, 2.24) is 4.98 Å². The number of hydrogen-bond donors (Lipinski definition) is 2. The van der Waals surface area contributed by atoms with Crippen molar-refractivity contribution in [2.24, 2.45) is 9.98 Å². The van der Waals surface area contributed by atoms with Crippen LogP contribution in [-0.4, -0.2) is 31.6 Å². The van der Waals surface area contributed by atoms with Crippen molar-refractivity contribution in [3.63, 3.8) is 0 Å². The van der Waals surface area contributed by atoms with E-state index >= 15 is 0 Å². The highest BCUT2D eigenvalue weighted by Gasteiger charge is 2.40. The standard InChI is InChI=1S/C33H36BrN3O2/c1-8-21-17(5)25-15-29-23(10-3)24(11-4)30(37-29)16-26-18(6)22(9-2)28(36-26)14-20-12-19(13-27(21)35-25)31(38)33(7,34)32(20)39/h12-16,35,38H,8-11H2,1-7H3. The van der Waals surface area contributed by atoms with Crippen molar-refractivity contribution >= 4 is 45.3 Å². The fourth-order valence-corrected chi connectivity index (χ4v) is 6.53. The molecule has 1 aromatic rings. The molecular formula is C33H36BrN3O2. The lowest BCUT2D eigenvalue weighted by molar-refractivity contribution is -0.116. The fourth-order valence-electron chi connectivity index (χ4n) is 6.08. The third kappa shape index (κ3) is 4.33. The largest absolute Gasteiger partial charge is 0.510 e. The normalized spacial score (nSPS) is 22.9. The fraction of sp³-hybridized carbons (Fsp3) is 0.364. The number of rotatable bonds is 4. The zero-order chi connectivity index (χ0) is 28.2. The number of carbonyl (C=O) groups is 1. The summed E-state index contributed by atoms with van der Waals surface area (Å²) in [5, 5.41) is 13.1. The van der Waals surface area contributed by atoms with Crippen LogP contribution in [0.1, 0.15) is 71.9 Å². The lowest BCUT2D eigenvalue weighted by atomic mass is 9.86. The molecule has 202 valence electrons. The molecule has 3 aliphatic heterocycles. The molecule has 2 N–H and O–H groups in total. The summed E-state index contributed by atoms with van der Waals surface area (Å²) in [6.45, 7) is 14.5. The number of Topliss-reactive ketones (excluding diaryl/α,β-unsaturated/α-hetero) is 1. The minimum absolute atomic E-state index is 0.00480. The second-order valence-electron chi connectivity index (χ2n) is 10.6. The van der Waals surface area contributed by atoms with Gasteiger partial charge in [-0.1, -0.05) is 43.6 Å². The number of hydrogen-bond acceptors (Lipinski definition) is 4. The van der Waals surface area contributed by atoms with Gasteiger partial charge in [0.2, 0.25) is 0 Å². The Morgan fingerprint density at radius 1 is 0.821 bits per heavy atom. The summed E-state index contributed by atoms with van der Waals surface area (Å²) in [6.07, 6.45) is 13.3. The Labute approximate surface area is 238 Å². The summed E-state index contributed by atoms with van der Waals surface area (Å²) >= 11 is 3.54. The first-order valence-corrected chi connectivity index (χ1v) is 14.7. The van der Waals surface area contributed by atoms with Gasteiger partial charge in [-0.25, -0.2) is 9.98 Å². The quantitative estimate of drug-likeness (QED) is 0.398. The molecule has 0 saturated heterocycles. The molecule has 0 radical (unpaired) electrons. The van der Waals surface area contributed by atoms with Crippen LogP contribution in [-0.2, 0) is 11.2 Å². The van der Waals surface area contributed by atoms with Gasteiger partial charge in [-0.15, -0.1) is 0 Å². The van der Waals surface area contributed by atoms with Gasteiger partial charge in [0.1, 0.15) is 10.1 Å². The predicted molar refractivity (Wildman–Crippen MR) is 165 cm³/mol. The summed E-state index contributed by atoms with van der Waals surface area (Å²) in [7, 11) is 0. The molecule has 8 bridgehead atoms. The number of ketones is 1. The maximum atomic E-state index is 13.5. The Hall–Kier alpha value is -3.25. The number of aliphatic hydroxyl groups excluding tert-OH is 1. The van der Waals surface area contributed by atoms with Crippen LogP contribution in [0, 0.1) is 6.92 Å². The number of nitrogens with zero attached hydrogens (tertiary/aromatic N) is 2. The Balaban J connectivity index is 1.91. The van der Waals surface area contributed by atoms with E-state index in [1.165, 1.54) is 16.7 Å². The Morgan fingerprint density at radius 3 is 2.10 bits per heavy atom. The van der Waals surface area contributed by atoms with Crippen LogP contribution < -0.4 is 10.7 Å². The van der Waals surface area contributed by atoms with E-state index in [1.54, 1.807) is 13.0 Å². The van der Waals surface area contributed by atoms with Gasteiger partial charge in [-0.05, 0) is 110 Å². The highest BCUT2D eigenvalue weighted by Crippen LogP contribution is 2.39. The molecule has 39 heavy (non-hydrogen) atoms. The molecule has 4 heterocycles. The molecule has 1 atom stereocenters. The number of allylic oxidation sites excluding steroid dienone is 10. The molecule has 1 aromatic heterocycles. The SMILES string of the molecule is CCC1=C(C)C2=NC1=CC1=CC(=C(O)C(C)(Br)C1=O)C=c1[nH]c(c(C)c1CC)=CC1=NC(=C2)C(CC)=C1CC. The zero-order valence-electron chi connectivity index (χ0n) is 23.8. The number of alkyl halides is 1. The second-order valence-corrected chi connectivity index (χ2v) is 12.2. The lowest BCUT2D eigenvalue weighted by Crippen LogP contribution is -2.35. The zero-order valence-corrected chi connectivity index (χ0v) is 25.4. The molecule has 0 saturated carbocycles. The molecule has 6 heteroatoms. The minimum atomic E-state index is -1.23. The average Bonchev–Trinajstić information content (AvgIpc) is 3.50.